The van der Waals surface area contributed by atoms with Gasteiger partial charge >= 0.3 is 0 Å². The van der Waals surface area contributed by atoms with Crippen molar-refractivity contribution in [2.45, 2.75) is 32.1 Å². The Hall–Kier alpha value is -2.34. The van der Waals surface area contributed by atoms with Gasteiger partial charge in [-0.25, -0.2) is 0 Å². The van der Waals surface area contributed by atoms with E-state index in [9.17, 15) is 9.59 Å². The topological polar surface area (TPSA) is 67.4 Å². The van der Waals surface area contributed by atoms with Crippen LogP contribution in [0.1, 0.15) is 49.7 Å². The summed E-state index contributed by atoms with van der Waals surface area (Å²) in [7, 11) is 1.50. The van der Waals surface area contributed by atoms with Crippen LogP contribution in [-0.4, -0.2) is 18.9 Å². The Bertz CT molecular complexity index is 731. The van der Waals surface area contributed by atoms with E-state index in [0.717, 1.165) is 12.8 Å². The molecule has 1 aliphatic rings. The maximum absolute atomic E-state index is 12.3. The van der Waals surface area contributed by atoms with Crippen molar-refractivity contribution < 1.29 is 14.3 Å². The summed E-state index contributed by atoms with van der Waals surface area (Å²) >= 11 is 1.52. The SMILES string of the molecule is COc1ccccc1C(=O)NNC(=O)c1cc2c(s1)CCCCC2. The van der Waals surface area contributed by atoms with Gasteiger partial charge in [-0.2, -0.15) is 0 Å². The second-order valence-corrected chi connectivity index (χ2v) is 6.87. The van der Waals surface area contributed by atoms with Crippen molar-refractivity contribution in [3.8, 4) is 5.75 Å². The molecule has 0 atom stereocenters. The minimum Gasteiger partial charge on any atom is -0.496 e. The van der Waals surface area contributed by atoms with Crippen LogP contribution in [0.2, 0.25) is 0 Å². The highest BCUT2D eigenvalue weighted by Gasteiger charge is 2.18. The molecular formula is C18H20N2O3S. The number of hydrazine groups is 1. The molecule has 2 N–H and O–H groups in total. The molecule has 0 spiro atoms. The molecule has 1 aromatic carbocycles. The number of fused-ring (bicyclic) bond motifs is 1. The van der Waals surface area contributed by atoms with E-state index >= 15 is 0 Å². The van der Waals surface area contributed by atoms with Crippen molar-refractivity contribution in [1.82, 2.24) is 10.9 Å². The summed E-state index contributed by atoms with van der Waals surface area (Å²) in [6, 6.07) is 8.83. The van der Waals surface area contributed by atoms with Crippen molar-refractivity contribution in [3.63, 3.8) is 0 Å². The summed E-state index contributed by atoms with van der Waals surface area (Å²) in [5, 5.41) is 0. The maximum Gasteiger partial charge on any atom is 0.279 e. The first-order valence-corrected chi connectivity index (χ1v) is 8.86. The van der Waals surface area contributed by atoms with E-state index in [4.69, 9.17) is 4.74 Å². The summed E-state index contributed by atoms with van der Waals surface area (Å²) in [5.74, 6) is -0.220. The molecule has 5 nitrogen and oxygen atoms in total. The summed E-state index contributed by atoms with van der Waals surface area (Å²) in [6.45, 7) is 0. The third-order valence-corrected chi connectivity index (χ3v) is 5.35. The first-order chi connectivity index (χ1) is 11.7. The van der Waals surface area contributed by atoms with Gasteiger partial charge in [-0.15, -0.1) is 11.3 Å². The number of ether oxygens (including phenoxy) is 1. The van der Waals surface area contributed by atoms with E-state index in [1.54, 1.807) is 24.3 Å². The maximum atomic E-state index is 12.3. The molecule has 0 saturated heterocycles. The Kier molecular flexibility index (Phi) is 5.15. The van der Waals surface area contributed by atoms with Crippen molar-refractivity contribution in [2.75, 3.05) is 7.11 Å². The number of amides is 2. The van der Waals surface area contributed by atoms with Crippen LogP contribution in [0.5, 0.6) is 5.75 Å². The van der Waals surface area contributed by atoms with E-state index in [1.807, 2.05) is 6.07 Å². The highest BCUT2D eigenvalue weighted by molar-refractivity contribution is 7.14. The lowest BCUT2D eigenvalue weighted by molar-refractivity contribution is 0.0847. The predicted molar refractivity (Wildman–Crippen MR) is 93.5 cm³/mol. The van der Waals surface area contributed by atoms with Crippen LogP contribution >= 0.6 is 11.3 Å². The van der Waals surface area contributed by atoms with Gasteiger partial charge in [0.1, 0.15) is 5.75 Å². The molecule has 0 saturated carbocycles. The number of rotatable bonds is 3. The molecule has 1 aromatic heterocycles. The van der Waals surface area contributed by atoms with Crippen molar-refractivity contribution >= 4 is 23.2 Å². The second kappa shape index (κ2) is 7.49. The normalized spacial score (nSPS) is 13.5. The van der Waals surface area contributed by atoms with Crippen LogP contribution < -0.4 is 15.6 Å². The fourth-order valence-electron chi connectivity index (χ4n) is 2.85. The molecule has 0 unspecified atom stereocenters. The summed E-state index contributed by atoms with van der Waals surface area (Å²) in [6.07, 6.45) is 5.68. The van der Waals surface area contributed by atoms with Crippen molar-refractivity contribution in [1.29, 1.82) is 0 Å². The highest BCUT2D eigenvalue weighted by Crippen LogP contribution is 2.28. The minimum absolute atomic E-state index is 0.281. The number of nitrogens with one attached hydrogen (secondary N) is 2. The number of benzene rings is 1. The van der Waals surface area contributed by atoms with Crippen LogP contribution in [0.3, 0.4) is 0 Å². The third kappa shape index (κ3) is 3.59. The summed E-state index contributed by atoms with van der Waals surface area (Å²) in [5.41, 5.74) is 6.60. The zero-order chi connectivity index (χ0) is 16.9. The highest BCUT2D eigenvalue weighted by atomic mass is 32.1. The average Bonchev–Trinajstić information content (AvgIpc) is 2.90. The number of carbonyl (C=O) groups excluding carboxylic acids is 2. The molecule has 2 aromatic rings. The Balaban J connectivity index is 1.64. The van der Waals surface area contributed by atoms with Crippen LogP contribution in [0.25, 0.3) is 0 Å². The number of carbonyl (C=O) groups is 2. The van der Waals surface area contributed by atoms with E-state index in [2.05, 4.69) is 10.9 Å². The van der Waals surface area contributed by atoms with Gasteiger partial charge in [0.2, 0.25) is 0 Å². The van der Waals surface area contributed by atoms with E-state index < -0.39 is 5.91 Å². The Morgan fingerprint density at radius 1 is 1.04 bits per heavy atom. The summed E-state index contributed by atoms with van der Waals surface area (Å²) < 4.78 is 5.15. The Labute approximate surface area is 145 Å². The van der Waals surface area contributed by atoms with Crippen LogP contribution in [0, 0.1) is 0 Å². The standard InChI is InChI=1S/C18H20N2O3S/c1-23-14-9-6-5-8-13(14)17(21)19-20-18(22)16-11-12-7-3-2-4-10-15(12)24-16/h5-6,8-9,11H,2-4,7,10H2,1H3,(H,19,21)(H,20,22). The van der Waals surface area contributed by atoms with E-state index in [-0.39, 0.29) is 5.91 Å². The molecule has 0 radical (unpaired) electrons. The van der Waals surface area contributed by atoms with E-state index in [1.165, 1.54) is 48.1 Å². The first kappa shape index (κ1) is 16.5. The number of hydrogen-bond donors (Lipinski definition) is 2. The number of aryl methyl sites for hydroxylation is 2. The number of thiophene rings is 1. The minimum atomic E-state index is -0.404. The number of hydrogen-bond acceptors (Lipinski definition) is 4. The lowest BCUT2D eigenvalue weighted by Crippen LogP contribution is -2.41. The van der Waals surface area contributed by atoms with Gasteiger partial charge in [-0.3, -0.25) is 20.4 Å². The number of methoxy groups -OCH3 is 1. The lowest BCUT2D eigenvalue weighted by Gasteiger charge is -2.09. The fraction of sp³-hybridized carbons (Fsp3) is 0.333. The largest absolute Gasteiger partial charge is 0.496 e. The molecule has 24 heavy (non-hydrogen) atoms. The van der Waals surface area contributed by atoms with Crippen LogP contribution in [0.15, 0.2) is 30.3 Å². The monoisotopic (exact) mass is 344 g/mol. The first-order valence-electron chi connectivity index (χ1n) is 8.04. The molecule has 6 heteroatoms. The molecule has 0 bridgehead atoms. The fourth-order valence-corrected chi connectivity index (χ4v) is 4.00. The Morgan fingerprint density at radius 2 is 1.79 bits per heavy atom. The van der Waals surface area contributed by atoms with Crippen molar-refractivity contribution in [2.24, 2.45) is 0 Å². The molecule has 1 aliphatic carbocycles. The van der Waals surface area contributed by atoms with Crippen molar-refractivity contribution in [3.05, 3.63) is 51.2 Å². The van der Waals surface area contributed by atoms with Gasteiger partial charge in [0, 0.05) is 4.88 Å². The predicted octanol–water partition coefficient (Wildman–Crippen LogP) is 3.10. The van der Waals surface area contributed by atoms with Crippen LogP contribution in [-0.2, 0) is 12.8 Å². The molecule has 0 fully saturated rings. The van der Waals surface area contributed by atoms with Gasteiger partial charge in [-0.05, 0) is 49.4 Å². The average molecular weight is 344 g/mol. The summed E-state index contributed by atoms with van der Waals surface area (Å²) in [4.78, 5) is 26.4. The van der Waals surface area contributed by atoms with Gasteiger partial charge in [0.15, 0.2) is 0 Å². The van der Waals surface area contributed by atoms with Gasteiger partial charge < -0.3 is 4.74 Å². The molecule has 126 valence electrons. The number of para-hydroxylation sites is 1. The quantitative estimate of drug-likeness (QED) is 0.664. The zero-order valence-corrected chi connectivity index (χ0v) is 14.4. The van der Waals surface area contributed by atoms with Crippen LogP contribution in [0.4, 0.5) is 0 Å². The molecule has 0 aliphatic heterocycles. The van der Waals surface area contributed by atoms with Gasteiger partial charge in [-0.1, -0.05) is 18.6 Å². The van der Waals surface area contributed by atoms with Gasteiger partial charge in [0.25, 0.3) is 11.8 Å². The molecule has 1 heterocycles. The molecule has 2 amide bonds. The Morgan fingerprint density at radius 3 is 2.62 bits per heavy atom. The lowest BCUT2D eigenvalue weighted by atomic mass is 10.1. The molecular weight excluding hydrogens is 324 g/mol. The third-order valence-electron chi connectivity index (χ3n) is 4.11. The van der Waals surface area contributed by atoms with E-state index in [0.29, 0.717) is 16.2 Å². The van der Waals surface area contributed by atoms with Gasteiger partial charge in [0.05, 0.1) is 17.6 Å². The second-order valence-electron chi connectivity index (χ2n) is 5.73. The molecule has 3 rings (SSSR count). The zero-order valence-electron chi connectivity index (χ0n) is 13.6. The smallest absolute Gasteiger partial charge is 0.279 e.